The minimum atomic E-state index is -0.256. The fourth-order valence-electron chi connectivity index (χ4n) is 1.08. The smallest absolute Gasteiger partial charge is 0.277 e. The number of nitrogens with zero attached hydrogens (tertiary/aromatic N) is 1. The van der Waals surface area contributed by atoms with Crippen molar-refractivity contribution in [3.05, 3.63) is 30.3 Å². The molecule has 0 aliphatic carbocycles. The van der Waals surface area contributed by atoms with Gasteiger partial charge in [0.25, 0.3) is 5.91 Å². The van der Waals surface area contributed by atoms with Gasteiger partial charge in [-0.3, -0.25) is 4.79 Å². The van der Waals surface area contributed by atoms with Gasteiger partial charge in [-0.15, -0.1) is 0 Å². The zero-order chi connectivity index (χ0) is 12.5. The number of amides is 1. The fourth-order valence-corrected chi connectivity index (χ4v) is 1.08. The first-order valence-electron chi connectivity index (χ1n) is 5.66. The number of ether oxygens (including phenoxy) is 1. The van der Waals surface area contributed by atoms with E-state index in [1.165, 1.54) is 0 Å². The number of nitrogens with one attached hydrogen (secondary N) is 1. The predicted molar refractivity (Wildman–Crippen MR) is 68.0 cm³/mol. The second-order valence-electron chi connectivity index (χ2n) is 4.08. The van der Waals surface area contributed by atoms with E-state index in [0.717, 1.165) is 6.42 Å². The van der Waals surface area contributed by atoms with Crippen LogP contribution in [0.5, 0.6) is 5.75 Å². The van der Waals surface area contributed by atoms with Crippen molar-refractivity contribution in [2.75, 3.05) is 6.61 Å². The Morgan fingerprint density at radius 2 is 2.12 bits per heavy atom. The van der Waals surface area contributed by atoms with Gasteiger partial charge in [0, 0.05) is 6.21 Å². The van der Waals surface area contributed by atoms with Crippen LogP contribution in [0.3, 0.4) is 0 Å². The Bertz CT molecular complexity index is 361. The van der Waals surface area contributed by atoms with E-state index in [4.69, 9.17) is 4.74 Å². The molecule has 0 aliphatic heterocycles. The van der Waals surface area contributed by atoms with Gasteiger partial charge in [0.15, 0.2) is 6.61 Å². The molecule has 1 aromatic carbocycles. The van der Waals surface area contributed by atoms with Crippen molar-refractivity contribution < 1.29 is 9.53 Å². The van der Waals surface area contributed by atoms with Gasteiger partial charge >= 0.3 is 0 Å². The van der Waals surface area contributed by atoms with Crippen molar-refractivity contribution in [2.45, 2.75) is 20.3 Å². The monoisotopic (exact) mass is 234 g/mol. The van der Waals surface area contributed by atoms with Gasteiger partial charge in [0.05, 0.1) is 0 Å². The topological polar surface area (TPSA) is 50.7 Å². The molecule has 4 heteroatoms. The molecular weight excluding hydrogens is 216 g/mol. The Hall–Kier alpha value is -1.84. The normalized spacial score (nSPS) is 10.8. The van der Waals surface area contributed by atoms with Gasteiger partial charge in [0.2, 0.25) is 0 Å². The van der Waals surface area contributed by atoms with Crippen LogP contribution in [-0.2, 0) is 4.79 Å². The largest absolute Gasteiger partial charge is 0.484 e. The van der Waals surface area contributed by atoms with Crippen LogP contribution < -0.4 is 10.2 Å². The number of para-hydroxylation sites is 1. The van der Waals surface area contributed by atoms with Crippen molar-refractivity contribution in [1.82, 2.24) is 5.43 Å². The van der Waals surface area contributed by atoms with Gasteiger partial charge in [-0.25, -0.2) is 5.43 Å². The van der Waals surface area contributed by atoms with E-state index in [2.05, 4.69) is 24.4 Å². The predicted octanol–water partition coefficient (Wildman–Crippen LogP) is 2.21. The maximum atomic E-state index is 11.3. The lowest BCUT2D eigenvalue weighted by Crippen LogP contribution is -2.24. The van der Waals surface area contributed by atoms with Gasteiger partial charge in [-0.2, -0.15) is 5.10 Å². The molecule has 0 saturated heterocycles. The molecule has 1 N–H and O–H groups in total. The molecule has 0 atom stereocenters. The lowest BCUT2D eigenvalue weighted by atomic mass is 10.2. The summed E-state index contributed by atoms with van der Waals surface area (Å²) in [6.07, 6.45) is 2.55. The molecule has 0 fully saturated rings. The first-order chi connectivity index (χ1) is 8.18. The number of benzene rings is 1. The molecule has 0 aliphatic rings. The second-order valence-corrected chi connectivity index (χ2v) is 4.08. The number of carbonyl (C=O) groups is 1. The molecule has 0 radical (unpaired) electrons. The summed E-state index contributed by atoms with van der Waals surface area (Å²) in [5, 5.41) is 3.82. The SMILES string of the molecule is CC(C)C/C=N\NC(=O)COc1ccccc1. The summed E-state index contributed by atoms with van der Waals surface area (Å²) in [4.78, 5) is 11.3. The van der Waals surface area contributed by atoms with Crippen LogP contribution in [-0.4, -0.2) is 18.7 Å². The van der Waals surface area contributed by atoms with Gasteiger partial charge < -0.3 is 4.74 Å². The summed E-state index contributed by atoms with van der Waals surface area (Å²) in [6, 6.07) is 9.20. The van der Waals surface area contributed by atoms with Crippen LogP contribution in [0.2, 0.25) is 0 Å². The van der Waals surface area contributed by atoms with Crippen LogP contribution in [0.4, 0.5) is 0 Å². The van der Waals surface area contributed by atoms with E-state index in [1.54, 1.807) is 18.3 Å². The zero-order valence-electron chi connectivity index (χ0n) is 10.2. The van der Waals surface area contributed by atoms with Gasteiger partial charge in [0.1, 0.15) is 5.75 Å². The van der Waals surface area contributed by atoms with Crippen molar-refractivity contribution >= 4 is 12.1 Å². The Labute approximate surface area is 102 Å². The van der Waals surface area contributed by atoms with Crippen molar-refractivity contribution in [2.24, 2.45) is 11.0 Å². The number of rotatable bonds is 6. The van der Waals surface area contributed by atoms with E-state index in [-0.39, 0.29) is 12.5 Å². The Morgan fingerprint density at radius 1 is 1.41 bits per heavy atom. The molecule has 92 valence electrons. The summed E-state index contributed by atoms with van der Waals surface area (Å²) >= 11 is 0. The highest BCUT2D eigenvalue weighted by Gasteiger charge is 2.00. The summed E-state index contributed by atoms with van der Waals surface area (Å²) < 4.78 is 5.26. The average molecular weight is 234 g/mol. The first-order valence-corrected chi connectivity index (χ1v) is 5.66. The third-order valence-corrected chi connectivity index (χ3v) is 1.97. The number of carbonyl (C=O) groups excluding carboxylic acids is 1. The van der Waals surface area contributed by atoms with E-state index in [1.807, 2.05) is 18.2 Å². The quantitative estimate of drug-likeness (QED) is 0.606. The van der Waals surface area contributed by atoms with Gasteiger partial charge in [-0.05, 0) is 24.5 Å². The third-order valence-electron chi connectivity index (χ3n) is 1.97. The molecule has 0 heterocycles. The fraction of sp³-hybridized carbons (Fsp3) is 0.385. The molecule has 0 aromatic heterocycles. The molecule has 0 unspecified atom stereocenters. The van der Waals surface area contributed by atoms with Crippen molar-refractivity contribution in [1.29, 1.82) is 0 Å². The molecule has 4 nitrogen and oxygen atoms in total. The number of hydrogen-bond donors (Lipinski definition) is 1. The molecule has 1 amide bonds. The molecule has 1 aromatic rings. The first kappa shape index (κ1) is 13.2. The molecule has 1 rings (SSSR count). The summed E-state index contributed by atoms with van der Waals surface area (Å²) in [7, 11) is 0. The molecule has 0 spiro atoms. The van der Waals surface area contributed by atoms with Crippen LogP contribution in [0.1, 0.15) is 20.3 Å². The minimum absolute atomic E-state index is 0.0248. The highest BCUT2D eigenvalue weighted by molar-refractivity contribution is 5.78. The summed E-state index contributed by atoms with van der Waals surface area (Å²) in [5.41, 5.74) is 2.41. The number of hydrazone groups is 1. The van der Waals surface area contributed by atoms with Crippen LogP contribution in [0, 0.1) is 5.92 Å². The Morgan fingerprint density at radius 3 is 2.76 bits per heavy atom. The summed E-state index contributed by atoms with van der Waals surface area (Å²) in [5.74, 6) is 0.957. The Kier molecular flexibility index (Phi) is 5.79. The highest BCUT2D eigenvalue weighted by Crippen LogP contribution is 2.07. The molecular formula is C13H18N2O2. The lowest BCUT2D eigenvalue weighted by Gasteiger charge is -2.04. The maximum absolute atomic E-state index is 11.3. The lowest BCUT2D eigenvalue weighted by molar-refractivity contribution is -0.123. The van der Waals surface area contributed by atoms with Gasteiger partial charge in [-0.1, -0.05) is 32.0 Å². The van der Waals surface area contributed by atoms with E-state index >= 15 is 0 Å². The van der Waals surface area contributed by atoms with Crippen molar-refractivity contribution in [3.63, 3.8) is 0 Å². The average Bonchev–Trinajstić information content (AvgIpc) is 2.33. The highest BCUT2D eigenvalue weighted by atomic mass is 16.5. The maximum Gasteiger partial charge on any atom is 0.277 e. The van der Waals surface area contributed by atoms with Crippen molar-refractivity contribution in [3.8, 4) is 5.75 Å². The molecule has 17 heavy (non-hydrogen) atoms. The van der Waals surface area contributed by atoms with Crippen LogP contribution in [0.15, 0.2) is 35.4 Å². The third kappa shape index (κ3) is 6.35. The van der Waals surface area contributed by atoms with Crippen LogP contribution in [0.25, 0.3) is 0 Å². The summed E-state index contributed by atoms with van der Waals surface area (Å²) in [6.45, 7) is 4.15. The molecule has 0 saturated carbocycles. The minimum Gasteiger partial charge on any atom is -0.484 e. The Balaban J connectivity index is 2.20. The van der Waals surface area contributed by atoms with Crippen LogP contribution >= 0.6 is 0 Å². The molecule has 0 bridgehead atoms. The van der Waals surface area contributed by atoms with E-state index < -0.39 is 0 Å². The van der Waals surface area contributed by atoms with E-state index in [0.29, 0.717) is 11.7 Å². The zero-order valence-corrected chi connectivity index (χ0v) is 10.2. The second kappa shape index (κ2) is 7.44. The van der Waals surface area contributed by atoms with E-state index in [9.17, 15) is 4.79 Å². The standard InChI is InChI=1S/C13H18N2O2/c1-11(2)8-9-14-15-13(16)10-17-12-6-4-3-5-7-12/h3-7,9,11H,8,10H2,1-2H3,(H,15,16)/b14-9-. The number of hydrogen-bond acceptors (Lipinski definition) is 3.